The molecule has 7 heteroatoms. The highest BCUT2D eigenvalue weighted by atomic mass is 32.2. The Morgan fingerprint density at radius 1 is 1.65 bits per heavy atom. The van der Waals surface area contributed by atoms with Crippen LogP contribution < -0.4 is 16.0 Å². The Morgan fingerprint density at radius 2 is 2.41 bits per heavy atom. The van der Waals surface area contributed by atoms with Crippen molar-refractivity contribution in [1.29, 1.82) is 0 Å². The fraction of sp³-hybridized carbons (Fsp3) is 0.600. The Hall–Kier alpha value is -0.950. The number of carbonyl (C=O) groups excluding carboxylic acids is 1. The maximum atomic E-state index is 11.8. The molecule has 0 spiro atoms. The topological polar surface area (TPSA) is 71.2 Å². The standard InChI is InChI=1S/C10H16N4OS2/c1-6-5-14(3-4-16-6)10-7(9(15)12-2)8(11)13-17-10/h6H,3-5H2,1-2H3,(H2,11,13)(H,12,15). The lowest BCUT2D eigenvalue weighted by Crippen LogP contribution is -2.37. The second-order valence-corrected chi connectivity index (χ2v) is 6.25. The smallest absolute Gasteiger partial charge is 0.257 e. The van der Waals surface area contributed by atoms with E-state index in [2.05, 4.69) is 21.5 Å². The van der Waals surface area contributed by atoms with Gasteiger partial charge in [-0.3, -0.25) is 4.79 Å². The van der Waals surface area contributed by atoms with Gasteiger partial charge in [0.2, 0.25) is 0 Å². The van der Waals surface area contributed by atoms with Crippen LogP contribution in [0.1, 0.15) is 17.3 Å². The number of nitrogens with one attached hydrogen (secondary N) is 1. The fourth-order valence-corrected chi connectivity index (χ4v) is 3.71. The third-order valence-corrected chi connectivity index (χ3v) is 4.74. The van der Waals surface area contributed by atoms with Gasteiger partial charge in [-0.05, 0) is 11.5 Å². The van der Waals surface area contributed by atoms with Crippen LogP contribution in [0.2, 0.25) is 0 Å². The first kappa shape index (κ1) is 12.5. The molecule has 0 radical (unpaired) electrons. The van der Waals surface area contributed by atoms with E-state index in [9.17, 15) is 4.79 Å². The number of nitrogen functional groups attached to an aromatic ring is 1. The van der Waals surface area contributed by atoms with Gasteiger partial charge in [-0.2, -0.15) is 16.1 Å². The van der Waals surface area contributed by atoms with E-state index in [1.54, 1.807) is 7.05 Å². The molecule has 94 valence electrons. The lowest BCUT2D eigenvalue weighted by Gasteiger charge is -2.31. The largest absolute Gasteiger partial charge is 0.382 e. The molecule has 1 aromatic heterocycles. The second-order valence-electron chi connectivity index (χ2n) is 3.95. The number of hydrogen-bond acceptors (Lipinski definition) is 6. The van der Waals surface area contributed by atoms with E-state index in [-0.39, 0.29) is 5.91 Å². The second kappa shape index (κ2) is 5.14. The fourth-order valence-electron chi connectivity index (χ4n) is 1.85. The van der Waals surface area contributed by atoms with Crippen LogP contribution in [0.4, 0.5) is 10.8 Å². The van der Waals surface area contributed by atoms with Crippen LogP contribution in [-0.4, -0.2) is 41.4 Å². The number of nitrogens with zero attached hydrogens (tertiary/aromatic N) is 2. The van der Waals surface area contributed by atoms with E-state index in [0.717, 1.165) is 23.8 Å². The molecule has 1 fully saturated rings. The van der Waals surface area contributed by atoms with Gasteiger partial charge >= 0.3 is 0 Å². The minimum absolute atomic E-state index is 0.155. The molecule has 1 aliphatic rings. The van der Waals surface area contributed by atoms with Crippen LogP contribution in [-0.2, 0) is 0 Å². The molecular weight excluding hydrogens is 256 g/mol. The highest BCUT2D eigenvalue weighted by Crippen LogP contribution is 2.33. The van der Waals surface area contributed by atoms with Gasteiger partial charge in [-0.15, -0.1) is 0 Å². The van der Waals surface area contributed by atoms with Crippen molar-refractivity contribution < 1.29 is 4.79 Å². The average Bonchev–Trinajstić information content (AvgIpc) is 2.70. The number of anilines is 2. The Kier molecular flexibility index (Phi) is 3.78. The van der Waals surface area contributed by atoms with Gasteiger partial charge in [-0.1, -0.05) is 6.92 Å². The number of hydrogen-bond donors (Lipinski definition) is 2. The molecule has 1 amide bonds. The first-order valence-electron chi connectivity index (χ1n) is 5.47. The summed E-state index contributed by atoms with van der Waals surface area (Å²) in [6.45, 7) is 4.08. The lowest BCUT2D eigenvalue weighted by molar-refractivity contribution is 0.0964. The predicted molar refractivity (Wildman–Crippen MR) is 74.0 cm³/mol. The van der Waals surface area contributed by atoms with E-state index < -0.39 is 0 Å². The summed E-state index contributed by atoms with van der Waals surface area (Å²) in [5, 5.41) is 4.09. The highest BCUT2D eigenvalue weighted by molar-refractivity contribution is 8.00. The highest BCUT2D eigenvalue weighted by Gasteiger charge is 2.25. The summed E-state index contributed by atoms with van der Waals surface area (Å²) in [5.41, 5.74) is 6.29. The maximum absolute atomic E-state index is 11.8. The Bertz CT molecular complexity index is 420. The first-order valence-corrected chi connectivity index (χ1v) is 7.29. The normalized spacial score (nSPS) is 20.4. The minimum Gasteiger partial charge on any atom is -0.382 e. The quantitative estimate of drug-likeness (QED) is 0.841. The van der Waals surface area contributed by atoms with Crippen LogP contribution in [0.15, 0.2) is 0 Å². The van der Waals surface area contributed by atoms with Crippen molar-refractivity contribution in [3.63, 3.8) is 0 Å². The average molecular weight is 272 g/mol. The van der Waals surface area contributed by atoms with Crippen LogP contribution in [0.5, 0.6) is 0 Å². The number of aromatic nitrogens is 1. The molecule has 17 heavy (non-hydrogen) atoms. The van der Waals surface area contributed by atoms with Gasteiger partial charge in [0.15, 0.2) is 5.82 Å². The van der Waals surface area contributed by atoms with Crippen molar-refractivity contribution in [2.45, 2.75) is 12.2 Å². The van der Waals surface area contributed by atoms with E-state index in [1.165, 1.54) is 11.5 Å². The third-order valence-electron chi connectivity index (χ3n) is 2.68. The molecule has 5 nitrogen and oxygen atoms in total. The Labute approximate surface area is 109 Å². The van der Waals surface area contributed by atoms with Gasteiger partial charge in [-0.25, -0.2) is 0 Å². The molecule has 0 bridgehead atoms. The number of amides is 1. The lowest BCUT2D eigenvalue weighted by atomic mass is 10.2. The van der Waals surface area contributed by atoms with Gasteiger partial charge in [0, 0.05) is 31.1 Å². The molecular formula is C10H16N4OS2. The van der Waals surface area contributed by atoms with E-state index in [0.29, 0.717) is 16.6 Å². The zero-order valence-electron chi connectivity index (χ0n) is 9.90. The Balaban J connectivity index is 2.28. The Morgan fingerprint density at radius 3 is 3.06 bits per heavy atom. The molecule has 0 saturated carbocycles. The molecule has 0 aromatic carbocycles. The summed E-state index contributed by atoms with van der Waals surface area (Å²) in [7, 11) is 1.61. The summed E-state index contributed by atoms with van der Waals surface area (Å²) in [5.74, 6) is 1.25. The number of nitrogens with two attached hydrogens (primary N) is 1. The first-order chi connectivity index (χ1) is 8.13. The van der Waals surface area contributed by atoms with Crippen molar-refractivity contribution in [1.82, 2.24) is 9.69 Å². The number of carbonyl (C=O) groups is 1. The van der Waals surface area contributed by atoms with Crippen LogP contribution in [0.25, 0.3) is 0 Å². The molecule has 1 saturated heterocycles. The maximum Gasteiger partial charge on any atom is 0.257 e. The van der Waals surface area contributed by atoms with Crippen molar-refractivity contribution in [3.05, 3.63) is 5.56 Å². The number of thioether (sulfide) groups is 1. The van der Waals surface area contributed by atoms with Gasteiger partial charge in [0.05, 0.1) is 0 Å². The minimum atomic E-state index is -0.155. The van der Waals surface area contributed by atoms with Crippen LogP contribution in [0.3, 0.4) is 0 Å². The van der Waals surface area contributed by atoms with Gasteiger partial charge < -0.3 is 16.0 Å². The van der Waals surface area contributed by atoms with E-state index in [4.69, 9.17) is 5.73 Å². The molecule has 1 aliphatic heterocycles. The summed E-state index contributed by atoms with van der Waals surface area (Å²) >= 11 is 3.26. The summed E-state index contributed by atoms with van der Waals surface area (Å²) in [6.07, 6.45) is 0. The summed E-state index contributed by atoms with van der Waals surface area (Å²) in [6, 6.07) is 0. The molecule has 0 aliphatic carbocycles. The SMILES string of the molecule is CNC(=O)c1c(N)nsc1N1CCSC(C)C1. The zero-order valence-corrected chi connectivity index (χ0v) is 11.5. The van der Waals surface area contributed by atoms with Crippen LogP contribution >= 0.6 is 23.3 Å². The predicted octanol–water partition coefficient (Wildman–Crippen LogP) is 1.03. The van der Waals surface area contributed by atoms with Crippen LogP contribution in [0, 0.1) is 0 Å². The molecule has 2 rings (SSSR count). The molecule has 1 aromatic rings. The van der Waals surface area contributed by atoms with Gasteiger partial charge in [0.1, 0.15) is 10.6 Å². The molecule has 1 unspecified atom stereocenters. The van der Waals surface area contributed by atoms with Gasteiger partial charge in [0.25, 0.3) is 5.91 Å². The number of rotatable bonds is 2. The molecule has 2 heterocycles. The summed E-state index contributed by atoms with van der Waals surface area (Å²) in [4.78, 5) is 14.0. The van der Waals surface area contributed by atoms with Crippen molar-refractivity contribution in [2.24, 2.45) is 0 Å². The monoisotopic (exact) mass is 272 g/mol. The van der Waals surface area contributed by atoms with Crippen molar-refractivity contribution >= 4 is 40.0 Å². The molecule has 1 atom stereocenters. The van der Waals surface area contributed by atoms with E-state index >= 15 is 0 Å². The van der Waals surface area contributed by atoms with Crippen molar-refractivity contribution in [2.75, 3.05) is 36.5 Å². The summed E-state index contributed by atoms with van der Waals surface area (Å²) < 4.78 is 4.10. The van der Waals surface area contributed by atoms with Crippen molar-refractivity contribution in [3.8, 4) is 0 Å². The van der Waals surface area contributed by atoms with E-state index in [1.807, 2.05) is 11.8 Å². The zero-order chi connectivity index (χ0) is 12.4. The molecule has 3 N–H and O–H groups in total. The third kappa shape index (κ3) is 2.50.